The Kier molecular flexibility index (Phi) is 4.44. The standard InChI is InChI=1S/C14H18Cl2N4/c15-9-13-18-12-8-11(16)10-17-14(12)20(13)7-6-19-4-2-1-3-5-19/h8,10H,1-7,9H2. The monoisotopic (exact) mass is 312 g/mol. The third kappa shape index (κ3) is 2.92. The van der Waals surface area contributed by atoms with Crippen molar-refractivity contribution in [3.63, 3.8) is 0 Å². The minimum Gasteiger partial charge on any atom is -0.310 e. The SMILES string of the molecule is ClCc1nc2cc(Cl)cnc2n1CCN1CCCCC1. The second-order valence-corrected chi connectivity index (χ2v) is 5.92. The van der Waals surface area contributed by atoms with E-state index in [0.29, 0.717) is 10.9 Å². The molecule has 0 unspecified atom stereocenters. The quantitative estimate of drug-likeness (QED) is 0.812. The van der Waals surface area contributed by atoms with Gasteiger partial charge < -0.3 is 9.47 Å². The number of aromatic nitrogens is 3. The number of imidazole rings is 1. The average molecular weight is 313 g/mol. The van der Waals surface area contributed by atoms with Crippen LogP contribution in [-0.2, 0) is 12.4 Å². The summed E-state index contributed by atoms with van der Waals surface area (Å²) in [4.78, 5) is 11.4. The molecule has 1 aliphatic rings. The highest BCUT2D eigenvalue weighted by Crippen LogP contribution is 2.19. The Morgan fingerprint density at radius 2 is 1.95 bits per heavy atom. The Labute approximate surface area is 128 Å². The summed E-state index contributed by atoms with van der Waals surface area (Å²) in [5.41, 5.74) is 1.70. The van der Waals surface area contributed by atoms with Gasteiger partial charge in [-0.2, -0.15) is 0 Å². The number of rotatable bonds is 4. The van der Waals surface area contributed by atoms with Crippen molar-refractivity contribution in [3.05, 3.63) is 23.1 Å². The molecule has 2 aromatic heterocycles. The lowest BCUT2D eigenvalue weighted by Gasteiger charge is -2.26. The Morgan fingerprint density at radius 3 is 2.70 bits per heavy atom. The largest absolute Gasteiger partial charge is 0.310 e. The molecule has 0 spiro atoms. The number of likely N-dealkylation sites (tertiary alicyclic amines) is 1. The van der Waals surface area contributed by atoms with Crippen molar-refractivity contribution in [2.24, 2.45) is 0 Å². The van der Waals surface area contributed by atoms with Crippen molar-refractivity contribution in [1.82, 2.24) is 19.4 Å². The molecule has 2 aromatic rings. The molecule has 0 amide bonds. The molecular weight excluding hydrogens is 295 g/mol. The molecule has 1 saturated heterocycles. The zero-order valence-corrected chi connectivity index (χ0v) is 12.9. The van der Waals surface area contributed by atoms with Crippen molar-refractivity contribution in [3.8, 4) is 0 Å². The molecule has 1 fully saturated rings. The van der Waals surface area contributed by atoms with E-state index in [9.17, 15) is 0 Å². The van der Waals surface area contributed by atoms with Gasteiger partial charge in [-0.1, -0.05) is 18.0 Å². The number of alkyl halides is 1. The first kappa shape index (κ1) is 14.1. The second kappa shape index (κ2) is 6.29. The Hall–Kier alpha value is -0.840. The molecule has 0 saturated carbocycles. The molecule has 0 bridgehead atoms. The normalized spacial score (nSPS) is 16.9. The number of fused-ring (bicyclic) bond motifs is 1. The van der Waals surface area contributed by atoms with Crippen LogP contribution in [0.2, 0.25) is 5.02 Å². The van der Waals surface area contributed by atoms with E-state index in [0.717, 1.165) is 30.1 Å². The van der Waals surface area contributed by atoms with Crippen LogP contribution in [0.25, 0.3) is 11.2 Å². The molecular formula is C14H18Cl2N4. The fraction of sp³-hybridized carbons (Fsp3) is 0.571. The van der Waals surface area contributed by atoms with Gasteiger partial charge in [-0.15, -0.1) is 11.6 Å². The summed E-state index contributed by atoms with van der Waals surface area (Å²) in [5.74, 6) is 1.27. The van der Waals surface area contributed by atoms with E-state index < -0.39 is 0 Å². The Morgan fingerprint density at radius 1 is 1.15 bits per heavy atom. The molecule has 3 rings (SSSR count). The minimum atomic E-state index is 0.397. The van der Waals surface area contributed by atoms with E-state index in [1.807, 2.05) is 6.07 Å². The van der Waals surface area contributed by atoms with E-state index in [1.165, 1.54) is 32.4 Å². The smallest absolute Gasteiger partial charge is 0.160 e. The molecule has 0 aliphatic carbocycles. The van der Waals surface area contributed by atoms with Gasteiger partial charge in [-0.25, -0.2) is 9.97 Å². The average Bonchev–Trinajstić information content (AvgIpc) is 2.83. The lowest BCUT2D eigenvalue weighted by Crippen LogP contribution is -2.32. The maximum atomic E-state index is 6.01. The zero-order valence-electron chi connectivity index (χ0n) is 11.4. The minimum absolute atomic E-state index is 0.397. The van der Waals surface area contributed by atoms with Gasteiger partial charge >= 0.3 is 0 Å². The van der Waals surface area contributed by atoms with Crippen molar-refractivity contribution in [2.45, 2.75) is 31.7 Å². The van der Waals surface area contributed by atoms with Gasteiger partial charge in [0.15, 0.2) is 5.65 Å². The van der Waals surface area contributed by atoms with E-state index in [1.54, 1.807) is 6.20 Å². The van der Waals surface area contributed by atoms with Gasteiger partial charge in [0, 0.05) is 19.3 Å². The summed E-state index contributed by atoms with van der Waals surface area (Å²) >= 11 is 12.0. The Balaban J connectivity index is 1.81. The van der Waals surface area contributed by atoms with Gasteiger partial charge in [-0.05, 0) is 32.0 Å². The fourth-order valence-corrected chi connectivity index (χ4v) is 3.15. The molecule has 3 heterocycles. The van der Waals surface area contributed by atoms with Crippen molar-refractivity contribution < 1.29 is 0 Å². The number of hydrogen-bond acceptors (Lipinski definition) is 3. The van der Waals surface area contributed by atoms with E-state index in [-0.39, 0.29) is 0 Å². The Bertz CT molecular complexity index is 590. The first-order valence-electron chi connectivity index (χ1n) is 7.07. The van der Waals surface area contributed by atoms with E-state index in [4.69, 9.17) is 23.2 Å². The lowest BCUT2D eigenvalue weighted by atomic mass is 10.1. The molecule has 4 nitrogen and oxygen atoms in total. The highest BCUT2D eigenvalue weighted by atomic mass is 35.5. The molecule has 0 atom stereocenters. The van der Waals surface area contributed by atoms with Gasteiger partial charge in [0.1, 0.15) is 11.3 Å². The van der Waals surface area contributed by atoms with Crippen LogP contribution < -0.4 is 0 Å². The summed E-state index contributed by atoms with van der Waals surface area (Å²) < 4.78 is 2.12. The van der Waals surface area contributed by atoms with Gasteiger partial charge in [-0.3, -0.25) is 0 Å². The van der Waals surface area contributed by atoms with Crippen molar-refractivity contribution in [1.29, 1.82) is 0 Å². The lowest BCUT2D eigenvalue weighted by molar-refractivity contribution is 0.221. The van der Waals surface area contributed by atoms with Gasteiger partial charge in [0.05, 0.1) is 10.9 Å². The molecule has 0 aromatic carbocycles. The fourth-order valence-electron chi connectivity index (χ4n) is 2.79. The number of hydrogen-bond donors (Lipinski definition) is 0. The summed E-state index contributed by atoms with van der Waals surface area (Å²) in [5, 5.41) is 0.610. The van der Waals surface area contributed by atoms with Crippen LogP contribution >= 0.6 is 23.2 Å². The first-order chi connectivity index (χ1) is 9.78. The number of halogens is 2. The van der Waals surface area contributed by atoms with Crippen LogP contribution in [0, 0.1) is 0 Å². The summed E-state index contributed by atoms with van der Waals surface area (Å²) in [7, 11) is 0. The van der Waals surface area contributed by atoms with Crippen LogP contribution in [0.5, 0.6) is 0 Å². The van der Waals surface area contributed by atoms with Gasteiger partial charge in [0.25, 0.3) is 0 Å². The molecule has 1 aliphatic heterocycles. The third-order valence-electron chi connectivity index (χ3n) is 3.84. The van der Waals surface area contributed by atoms with Gasteiger partial charge in [0.2, 0.25) is 0 Å². The van der Waals surface area contributed by atoms with Crippen LogP contribution in [0.4, 0.5) is 0 Å². The van der Waals surface area contributed by atoms with E-state index >= 15 is 0 Å². The predicted octanol–water partition coefficient (Wildman–Crippen LogP) is 3.31. The van der Waals surface area contributed by atoms with Crippen molar-refractivity contribution >= 4 is 34.4 Å². The maximum Gasteiger partial charge on any atom is 0.160 e. The molecule has 0 radical (unpaired) electrons. The van der Waals surface area contributed by atoms with Crippen LogP contribution in [-0.4, -0.2) is 39.1 Å². The third-order valence-corrected chi connectivity index (χ3v) is 4.28. The highest BCUT2D eigenvalue weighted by molar-refractivity contribution is 6.31. The van der Waals surface area contributed by atoms with Crippen LogP contribution in [0.3, 0.4) is 0 Å². The predicted molar refractivity (Wildman–Crippen MR) is 82.4 cm³/mol. The number of piperidine rings is 1. The summed E-state index contributed by atoms with van der Waals surface area (Å²) in [6.07, 6.45) is 5.64. The molecule has 20 heavy (non-hydrogen) atoms. The maximum absolute atomic E-state index is 6.01. The first-order valence-corrected chi connectivity index (χ1v) is 7.98. The van der Waals surface area contributed by atoms with E-state index in [2.05, 4.69) is 19.4 Å². The molecule has 108 valence electrons. The summed E-state index contributed by atoms with van der Waals surface area (Å²) in [6, 6.07) is 1.84. The summed E-state index contributed by atoms with van der Waals surface area (Å²) in [6.45, 7) is 4.30. The zero-order chi connectivity index (χ0) is 13.9. The van der Waals surface area contributed by atoms with Crippen LogP contribution in [0.1, 0.15) is 25.1 Å². The molecule has 0 N–H and O–H groups in total. The topological polar surface area (TPSA) is 34.0 Å². The molecule has 6 heteroatoms. The number of pyridine rings is 1. The number of nitrogens with zero attached hydrogens (tertiary/aromatic N) is 4. The van der Waals surface area contributed by atoms with Crippen LogP contribution in [0.15, 0.2) is 12.3 Å². The van der Waals surface area contributed by atoms with Crippen molar-refractivity contribution in [2.75, 3.05) is 19.6 Å². The highest BCUT2D eigenvalue weighted by Gasteiger charge is 2.14. The second-order valence-electron chi connectivity index (χ2n) is 5.21.